The summed E-state index contributed by atoms with van der Waals surface area (Å²) in [4.78, 5) is 38.6. The van der Waals surface area contributed by atoms with Crippen LogP contribution < -0.4 is 14.7 Å². The Balaban J connectivity index is 1.78. The normalized spacial score (nSPS) is 19.2. The number of hydrogen-bond donors (Lipinski definition) is 0. The summed E-state index contributed by atoms with van der Waals surface area (Å²) in [7, 11) is 1.59. The third kappa shape index (κ3) is 3.42. The van der Waals surface area contributed by atoms with Crippen LogP contribution in [-0.4, -0.2) is 24.8 Å². The molecule has 148 valence electrons. The molecule has 0 bridgehead atoms. The van der Waals surface area contributed by atoms with Crippen molar-refractivity contribution in [2.45, 2.75) is 31.6 Å². The fraction of sp³-hybridized carbons (Fsp3) is 0.261. The SMILES string of the molecule is COc1ccc([C@H]2CC(=O)N(c3ccc(C(=O)[O-])cc3)C3=C2C(=O)CCC3)cc1. The number of carbonyl (C=O) groups is 3. The number of carboxylic acids is 1. The molecule has 1 amide bonds. The van der Waals surface area contributed by atoms with E-state index < -0.39 is 5.97 Å². The van der Waals surface area contributed by atoms with E-state index >= 15 is 0 Å². The average Bonchev–Trinajstić information content (AvgIpc) is 2.73. The fourth-order valence-corrected chi connectivity index (χ4v) is 4.16. The Morgan fingerprint density at radius 3 is 2.34 bits per heavy atom. The number of amides is 1. The van der Waals surface area contributed by atoms with Gasteiger partial charge in [-0.15, -0.1) is 0 Å². The van der Waals surface area contributed by atoms with E-state index in [-0.39, 0.29) is 29.6 Å². The maximum absolute atomic E-state index is 13.1. The standard InChI is InChI=1S/C23H21NO5/c1-29-17-11-7-14(8-12-17)18-13-21(26)24(19-3-2-4-20(25)22(18)19)16-9-5-15(6-10-16)23(27)28/h5-12,18H,2-4,13H2,1H3,(H,27,28)/p-1/t18-/m1/s1. The van der Waals surface area contributed by atoms with Crippen LogP contribution >= 0.6 is 0 Å². The van der Waals surface area contributed by atoms with Crippen LogP contribution in [0.5, 0.6) is 5.75 Å². The number of Topliss-reactive ketones (excluding diaryl/α,β-unsaturated/α-hetero) is 1. The first-order valence-electron chi connectivity index (χ1n) is 9.54. The molecular weight excluding hydrogens is 370 g/mol. The summed E-state index contributed by atoms with van der Waals surface area (Å²) in [5, 5.41) is 11.0. The molecule has 0 saturated carbocycles. The van der Waals surface area contributed by atoms with Crippen molar-refractivity contribution in [2.24, 2.45) is 0 Å². The topological polar surface area (TPSA) is 86.7 Å². The number of ether oxygens (including phenoxy) is 1. The van der Waals surface area contributed by atoms with E-state index in [1.807, 2.05) is 24.3 Å². The van der Waals surface area contributed by atoms with Crippen molar-refractivity contribution >= 4 is 23.3 Å². The van der Waals surface area contributed by atoms with E-state index in [0.717, 1.165) is 17.0 Å². The van der Waals surface area contributed by atoms with E-state index in [9.17, 15) is 19.5 Å². The molecule has 0 saturated heterocycles. The molecule has 1 aliphatic heterocycles. The van der Waals surface area contributed by atoms with Crippen molar-refractivity contribution < 1.29 is 24.2 Å². The van der Waals surface area contributed by atoms with E-state index in [1.54, 1.807) is 24.1 Å². The number of carboxylic acid groups (broad SMARTS) is 1. The largest absolute Gasteiger partial charge is 0.545 e. The fourth-order valence-electron chi connectivity index (χ4n) is 4.16. The molecule has 6 heteroatoms. The zero-order chi connectivity index (χ0) is 20.5. The molecule has 6 nitrogen and oxygen atoms in total. The molecule has 4 rings (SSSR count). The Kier molecular flexibility index (Phi) is 4.92. The predicted octanol–water partition coefficient (Wildman–Crippen LogP) is 2.59. The highest BCUT2D eigenvalue weighted by Crippen LogP contribution is 2.43. The first-order chi connectivity index (χ1) is 14.0. The smallest absolute Gasteiger partial charge is 0.232 e. The molecule has 0 unspecified atom stereocenters. The van der Waals surface area contributed by atoms with Gasteiger partial charge < -0.3 is 14.6 Å². The summed E-state index contributed by atoms with van der Waals surface area (Å²) in [6.45, 7) is 0. The molecule has 2 aliphatic rings. The number of carbonyl (C=O) groups excluding carboxylic acids is 3. The summed E-state index contributed by atoms with van der Waals surface area (Å²) in [5.41, 5.74) is 2.93. The van der Waals surface area contributed by atoms with Gasteiger partial charge in [0, 0.05) is 35.7 Å². The molecular formula is C23H20NO5-. The van der Waals surface area contributed by atoms with E-state index in [1.165, 1.54) is 12.1 Å². The second-order valence-electron chi connectivity index (χ2n) is 7.23. The van der Waals surface area contributed by atoms with Gasteiger partial charge in [0.15, 0.2) is 5.78 Å². The Morgan fingerprint density at radius 1 is 1.03 bits per heavy atom. The van der Waals surface area contributed by atoms with Crippen LogP contribution in [0.25, 0.3) is 0 Å². The minimum absolute atomic E-state index is 0.0447. The van der Waals surface area contributed by atoms with Crippen molar-refractivity contribution in [3.8, 4) is 5.75 Å². The van der Waals surface area contributed by atoms with Gasteiger partial charge in [-0.1, -0.05) is 24.3 Å². The molecule has 0 radical (unpaired) electrons. The highest BCUT2D eigenvalue weighted by Gasteiger charge is 2.39. The van der Waals surface area contributed by atoms with Gasteiger partial charge in [0.1, 0.15) is 5.75 Å². The molecule has 1 aliphatic carbocycles. The van der Waals surface area contributed by atoms with Crippen LogP contribution in [0.4, 0.5) is 5.69 Å². The lowest BCUT2D eigenvalue weighted by Crippen LogP contribution is -2.40. The second-order valence-corrected chi connectivity index (χ2v) is 7.23. The zero-order valence-corrected chi connectivity index (χ0v) is 16.0. The first kappa shape index (κ1) is 18.9. The number of methoxy groups -OCH3 is 1. The van der Waals surface area contributed by atoms with Crippen LogP contribution in [0, 0.1) is 0 Å². The van der Waals surface area contributed by atoms with Crippen LogP contribution in [0.2, 0.25) is 0 Å². The number of rotatable bonds is 4. The van der Waals surface area contributed by atoms with Crippen molar-refractivity contribution in [3.05, 3.63) is 70.9 Å². The number of hydrogen-bond acceptors (Lipinski definition) is 5. The molecule has 2 aromatic carbocycles. The van der Waals surface area contributed by atoms with Gasteiger partial charge in [0.05, 0.1) is 13.1 Å². The first-order valence-corrected chi connectivity index (χ1v) is 9.54. The minimum atomic E-state index is -1.27. The lowest BCUT2D eigenvalue weighted by Gasteiger charge is -2.38. The van der Waals surface area contributed by atoms with Crippen LogP contribution in [0.1, 0.15) is 47.5 Å². The molecule has 2 aromatic rings. The Hall–Kier alpha value is -3.41. The number of anilines is 1. The quantitative estimate of drug-likeness (QED) is 0.801. The van der Waals surface area contributed by atoms with Gasteiger partial charge in [-0.2, -0.15) is 0 Å². The van der Waals surface area contributed by atoms with Gasteiger partial charge in [-0.05, 0) is 48.2 Å². The number of allylic oxidation sites excluding steroid dienone is 2. The summed E-state index contributed by atoms with van der Waals surface area (Å²) in [6, 6.07) is 13.5. The third-order valence-electron chi connectivity index (χ3n) is 5.55. The van der Waals surface area contributed by atoms with Gasteiger partial charge in [-0.25, -0.2) is 0 Å². The average molecular weight is 390 g/mol. The Labute approximate surface area is 168 Å². The molecule has 29 heavy (non-hydrogen) atoms. The number of nitrogens with zero attached hydrogens (tertiary/aromatic N) is 1. The summed E-state index contributed by atoms with van der Waals surface area (Å²) in [6.07, 6.45) is 1.96. The summed E-state index contributed by atoms with van der Waals surface area (Å²) < 4.78 is 5.21. The van der Waals surface area contributed by atoms with Crippen molar-refractivity contribution in [1.29, 1.82) is 0 Å². The van der Waals surface area contributed by atoms with Crippen molar-refractivity contribution in [2.75, 3.05) is 12.0 Å². The Morgan fingerprint density at radius 2 is 1.72 bits per heavy atom. The molecule has 0 fully saturated rings. The van der Waals surface area contributed by atoms with Crippen LogP contribution in [0.15, 0.2) is 59.8 Å². The number of benzene rings is 2. The third-order valence-corrected chi connectivity index (χ3v) is 5.55. The number of ketones is 1. The zero-order valence-electron chi connectivity index (χ0n) is 16.0. The maximum atomic E-state index is 13.1. The highest BCUT2D eigenvalue weighted by atomic mass is 16.5. The van der Waals surface area contributed by atoms with Crippen LogP contribution in [-0.2, 0) is 9.59 Å². The lowest BCUT2D eigenvalue weighted by atomic mass is 9.77. The molecule has 0 N–H and O–H groups in total. The summed E-state index contributed by atoms with van der Waals surface area (Å²) in [5.74, 6) is -0.880. The van der Waals surface area contributed by atoms with E-state index in [2.05, 4.69) is 0 Å². The van der Waals surface area contributed by atoms with E-state index in [4.69, 9.17) is 4.74 Å². The molecule has 0 aromatic heterocycles. The maximum Gasteiger partial charge on any atom is 0.232 e. The van der Waals surface area contributed by atoms with Crippen molar-refractivity contribution in [1.82, 2.24) is 0 Å². The second kappa shape index (κ2) is 7.54. The Bertz CT molecular complexity index is 1000. The highest BCUT2D eigenvalue weighted by molar-refractivity contribution is 6.07. The molecule has 0 spiro atoms. The summed E-state index contributed by atoms with van der Waals surface area (Å²) >= 11 is 0. The number of aromatic carboxylic acids is 1. The van der Waals surface area contributed by atoms with Gasteiger partial charge in [0.25, 0.3) is 0 Å². The van der Waals surface area contributed by atoms with E-state index in [0.29, 0.717) is 30.5 Å². The van der Waals surface area contributed by atoms with Crippen molar-refractivity contribution in [3.63, 3.8) is 0 Å². The van der Waals surface area contributed by atoms with Gasteiger partial charge in [0.2, 0.25) is 5.91 Å². The molecule has 1 atom stereocenters. The predicted molar refractivity (Wildman–Crippen MR) is 104 cm³/mol. The molecule has 1 heterocycles. The van der Waals surface area contributed by atoms with Gasteiger partial charge >= 0.3 is 0 Å². The lowest BCUT2D eigenvalue weighted by molar-refractivity contribution is -0.255. The monoisotopic (exact) mass is 390 g/mol. The van der Waals surface area contributed by atoms with Gasteiger partial charge in [-0.3, -0.25) is 14.5 Å². The minimum Gasteiger partial charge on any atom is -0.545 e. The van der Waals surface area contributed by atoms with Crippen LogP contribution in [0.3, 0.4) is 0 Å².